The Kier molecular flexibility index (Phi) is 6.19. The largest absolute Gasteiger partial charge is 0.443 e. The highest BCUT2D eigenvalue weighted by atomic mass is 16.6. The smallest absolute Gasteiger partial charge is 0.419 e. The minimum absolute atomic E-state index is 0.0713. The van der Waals surface area contributed by atoms with Crippen molar-refractivity contribution >= 4 is 23.1 Å². The molecule has 1 aliphatic heterocycles. The Bertz CT molecular complexity index is 1190. The van der Waals surface area contributed by atoms with Crippen LogP contribution >= 0.6 is 0 Å². The lowest BCUT2D eigenvalue weighted by Crippen LogP contribution is -2.39. The van der Waals surface area contributed by atoms with Crippen molar-refractivity contribution in [3.63, 3.8) is 0 Å². The van der Waals surface area contributed by atoms with E-state index in [0.29, 0.717) is 0 Å². The third-order valence-corrected chi connectivity index (χ3v) is 5.83. The molecule has 0 saturated heterocycles. The lowest BCUT2D eigenvalue weighted by Gasteiger charge is -2.29. The van der Waals surface area contributed by atoms with Crippen LogP contribution in [0.1, 0.15) is 53.5 Å². The molecule has 0 saturated carbocycles. The van der Waals surface area contributed by atoms with E-state index in [9.17, 15) is 9.59 Å². The fraction of sp³-hybridized carbons (Fsp3) is 0.429. The first-order chi connectivity index (χ1) is 15.9. The summed E-state index contributed by atoms with van der Waals surface area (Å²) >= 11 is 0. The van der Waals surface area contributed by atoms with E-state index in [0.717, 1.165) is 29.3 Å². The van der Waals surface area contributed by atoms with Gasteiger partial charge in [0, 0.05) is 23.7 Å². The van der Waals surface area contributed by atoms with Crippen molar-refractivity contribution in [2.45, 2.75) is 71.6 Å². The second-order valence-electron chi connectivity index (χ2n) is 10.9. The Morgan fingerprint density at radius 3 is 2.24 bits per heavy atom. The second kappa shape index (κ2) is 8.82. The van der Waals surface area contributed by atoms with Gasteiger partial charge in [0.05, 0.1) is 11.6 Å². The number of aryl methyl sites for hydroxylation is 1. The Hall–Kier alpha value is -3.28. The quantitative estimate of drug-likeness (QED) is 0.515. The number of fused-ring (bicyclic) bond motifs is 2. The van der Waals surface area contributed by atoms with E-state index in [-0.39, 0.29) is 24.1 Å². The SMILES string of the molecule is CC(C)(C)OC(=O)N1C=C(CCc2cn(C(=O)OC(C)(C)C)c3ccccc23)C2C=CC=CC21. The van der Waals surface area contributed by atoms with Crippen LogP contribution in [0.3, 0.4) is 0 Å². The standard InChI is InChI=1S/C28H34N2O4/c1-27(2,3)33-25(31)29-17-19(21-11-7-9-13-23(21)29)15-16-20-18-30(26(32)34-28(4,5)6)24-14-10-8-12-22(20)24/h7-14,17-18,21,23H,15-16H2,1-6H3. The molecule has 2 unspecified atom stereocenters. The monoisotopic (exact) mass is 462 g/mol. The Balaban J connectivity index is 1.58. The van der Waals surface area contributed by atoms with Gasteiger partial charge in [0.1, 0.15) is 11.2 Å². The maximum Gasteiger partial charge on any atom is 0.419 e. The van der Waals surface area contributed by atoms with Crippen LogP contribution < -0.4 is 0 Å². The van der Waals surface area contributed by atoms with Crippen LogP contribution in [0.25, 0.3) is 10.9 Å². The second-order valence-corrected chi connectivity index (χ2v) is 10.9. The van der Waals surface area contributed by atoms with Crippen molar-refractivity contribution in [3.8, 4) is 0 Å². The molecule has 4 rings (SSSR count). The molecule has 1 aliphatic carbocycles. The van der Waals surface area contributed by atoms with E-state index in [1.54, 1.807) is 9.47 Å². The summed E-state index contributed by atoms with van der Waals surface area (Å²) in [6, 6.07) is 7.81. The number of allylic oxidation sites excluding steroid dienone is 2. The fourth-order valence-corrected chi connectivity index (χ4v) is 4.47. The van der Waals surface area contributed by atoms with Crippen LogP contribution in [0, 0.1) is 5.92 Å². The molecule has 34 heavy (non-hydrogen) atoms. The predicted octanol–water partition coefficient (Wildman–Crippen LogP) is 6.60. The molecule has 0 spiro atoms. The molecule has 1 aromatic heterocycles. The van der Waals surface area contributed by atoms with Gasteiger partial charge in [0.15, 0.2) is 0 Å². The number of nitrogens with zero attached hydrogens (tertiary/aromatic N) is 2. The van der Waals surface area contributed by atoms with Crippen LogP contribution in [-0.4, -0.2) is 38.9 Å². The first-order valence-electron chi connectivity index (χ1n) is 11.8. The Morgan fingerprint density at radius 1 is 0.882 bits per heavy atom. The molecule has 6 nitrogen and oxygen atoms in total. The van der Waals surface area contributed by atoms with Gasteiger partial charge in [0.25, 0.3) is 0 Å². The van der Waals surface area contributed by atoms with E-state index < -0.39 is 11.2 Å². The minimum Gasteiger partial charge on any atom is -0.443 e. The van der Waals surface area contributed by atoms with Gasteiger partial charge in [-0.05, 0) is 71.6 Å². The van der Waals surface area contributed by atoms with E-state index in [4.69, 9.17) is 9.47 Å². The fourth-order valence-electron chi connectivity index (χ4n) is 4.47. The van der Waals surface area contributed by atoms with Gasteiger partial charge in [-0.25, -0.2) is 9.59 Å². The summed E-state index contributed by atoms with van der Waals surface area (Å²) in [6.07, 6.45) is 12.8. The van der Waals surface area contributed by atoms with Gasteiger partial charge < -0.3 is 9.47 Å². The highest BCUT2D eigenvalue weighted by Gasteiger charge is 2.38. The summed E-state index contributed by atoms with van der Waals surface area (Å²) in [7, 11) is 0. The third-order valence-electron chi connectivity index (χ3n) is 5.83. The van der Waals surface area contributed by atoms with Gasteiger partial charge in [-0.3, -0.25) is 9.47 Å². The summed E-state index contributed by atoms with van der Waals surface area (Å²) in [6.45, 7) is 11.2. The van der Waals surface area contributed by atoms with Gasteiger partial charge in [-0.15, -0.1) is 0 Å². The number of para-hydroxylation sites is 1. The minimum atomic E-state index is -0.571. The van der Waals surface area contributed by atoms with E-state index >= 15 is 0 Å². The van der Waals surface area contributed by atoms with E-state index in [1.165, 1.54) is 5.57 Å². The van der Waals surface area contributed by atoms with Crippen molar-refractivity contribution < 1.29 is 19.1 Å². The Morgan fingerprint density at radius 2 is 1.53 bits per heavy atom. The van der Waals surface area contributed by atoms with Crippen LogP contribution in [0.15, 0.2) is 66.5 Å². The highest BCUT2D eigenvalue weighted by molar-refractivity contribution is 5.92. The lowest BCUT2D eigenvalue weighted by atomic mass is 9.88. The normalized spacial score (nSPS) is 19.8. The van der Waals surface area contributed by atoms with E-state index in [2.05, 4.69) is 6.08 Å². The highest BCUT2D eigenvalue weighted by Crippen LogP contribution is 2.37. The number of hydrogen-bond acceptors (Lipinski definition) is 4. The average molecular weight is 463 g/mol. The summed E-state index contributed by atoms with van der Waals surface area (Å²) < 4.78 is 12.8. The summed E-state index contributed by atoms with van der Waals surface area (Å²) in [5.74, 6) is 0.122. The van der Waals surface area contributed by atoms with E-state index in [1.807, 2.05) is 96.4 Å². The van der Waals surface area contributed by atoms with Gasteiger partial charge >= 0.3 is 12.2 Å². The van der Waals surface area contributed by atoms with Crippen molar-refractivity contribution in [2.75, 3.05) is 0 Å². The number of carbonyl (C=O) groups is 2. The molecular formula is C28H34N2O4. The number of aromatic nitrogens is 1. The Labute approximate surface area is 201 Å². The van der Waals surface area contributed by atoms with Gasteiger partial charge in [-0.1, -0.05) is 42.5 Å². The van der Waals surface area contributed by atoms with Crippen LogP contribution in [-0.2, 0) is 15.9 Å². The topological polar surface area (TPSA) is 60.8 Å². The van der Waals surface area contributed by atoms with Crippen molar-refractivity contribution in [1.82, 2.24) is 9.47 Å². The molecule has 2 aromatic rings. The van der Waals surface area contributed by atoms with Crippen LogP contribution in [0.2, 0.25) is 0 Å². The molecule has 2 aliphatic rings. The zero-order valence-electron chi connectivity index (χ0n) is 20.9. The first kappa shape index (κ1) is 23.9. The molecule has 0 bridgehead atoms. The van der Waals surface area contributed by atoms with Crippen LogP contribution in [0.5, 0.6) is 0 Å². The summed E-state index contributed by atoms with van der Waals surface area (Å²) in [5.41, 5.74) is 1.95. The molecule has 2 heterocycles. The molecule has 1 amide bonds. The zero-order valence-corrected chi connectivity index (χ0v) is 20.9. The van der Waals surface area contributed by atoms with Crippen molar-refractivity contribution in [3.05, 3.63) is 72.1 Å². The molecule has 0 N–H and O–H groups in total. The molecule has 6 heteroatoms. The van der Waals surface area contributed by atoms with Crippen LogP contribution in [0.4, 0.5) is 9.59 Å². The van der Waals surface area contributed by atoms with Crippen molar-refractivity contribution in [2.24, 2.45) is 5.92 Å². The molecular weight excluding hydrogens is 428 g/mol. The molecule has 0 fully saturated rings. The zero-order chi connectivity index (χ0) is 24.7. The molecule has 2 atom stereocenters. The maximum atomic E-state index is 12.8. The molecule has 1 aromatic carbocycles. The number of hydrogen-bond donors (Lipinski definition) is 0. The number of amides is 1. The summed E-state index contributed by atoms with van der Waals surface area (Å²) in [4.78, 5) is 27.4. The van der Waals surface area contributed by atoms with Crippen molar-refractivity contribution in [1.29, 1.82) is 0 Å². The molecule has 0 radical (unpaired) electrons. The first-order valence-corrected chi connectivity index (χ1v) is 11.8. The lowest BCUT2D eigenvalue weighted by molar-refractivity contribution is 0.0302. The van der Waals surface area contributed by atoms with Gasteiger partial charge in [-0.2, -0.15) is 0 Å². The number of carbonyl (C=O) groups excluding carboxylic acids is 2. The van der Waals surface area contributed by atoms with Gasteiger partial charge in [0.2, 0.25) is 0 Å². The number of rotatable bonds is 3. The molecule has 180 valence electrons. The maximum absolute atomic E-state index is 12.8. The number of benzene rings is 1. The predicted molar refractivity (Wildman–Crippen MR) is 134 cm³/mol. The average Bonchev–Trinajstić information content (AvgIpc) is 3.29. The number of ether oxygens (including phenoxy) is 2. The summed E-state index contributed by atoms with van der Waals surface area (Å²) in [5, 5.41) is 1.03. The third kappa shape index (κ3) is 5.11.